The van der Waals surface area contributed by atoms with Crippen molar-refractivity contribution in [3.63, 3.8) is 0 Å². The van der Waals surface area contributed by atoms with Gasteiger partial charge in [0.15, 0.2) is 0 Å². The van der Waals surface area contributed by atoms with E-state index in [2.05, 4.69) is 76.5 Å². The Labute approximate surface area is 224 Å². The van der Waals surface area contributed by atoms with Crippen LogP contribution in [0.25, 0.3) is 32.6 Å². The van der Waals surface area contributed by atoms with Gasteiger partial charge in [0.05, 0.1) is 11.0 Å². The molecule has 5 aromatic rings. The van der Waals surface area contributed by atoms with Crippen molar-refractivity contribution in [2.24, 2.45) is 11.8 Å². The molecule has 1 saturated carbocycles. The van der Waals surface area contributed by atoms with Crippen LogP contribution in [0, 0.1) is 11.8 Å². The third-order valence-electron chi connectivity index (χ3n) is 9.68. The molecule has 3 unspecified atom stereocenters. The molecule has 4 nitrogen and oxygen atoms in total. The highest BCUT2D eigenvalue weighted by Gasteiger charge is 2.35. The van der Waals surface area contributed by atoms with Crippen LogP contribution in [0.15, 0.2) is 79.1 Å². The molecule has 3 aromatic carbocycles. The third kappa shape index (κ3) is 3.57. The van der Waals surface area contributed by atoms with E-state index in [-0.39, 0.29) is 0 Å². The zero-order valence-electron chi connectivity index (χ0n) is 21.9. The Hall–Kier alpha value is -3.66. The highest BCUT2D eigenvalue weighted by atomic mass is 15.2. The predicted octanol–water partition coefficient (Wildman–Crippen LogP) is 7.56. The lowest BCUT2D eigenvalue weighted by Crippen LogP contribution is -2.20. The van der Waals surface area contributed by atoms with Gasteiger partial charge in [-0.25, -0.2) is 0 Å². The van der Waals surface area contributed by atoms with Gasteiger partial charge in [0, 0.05) is 66.6 Å². The molecule has 0 spiro atoms. The SMILES string of the molecule is c1ccc2c(C3CCN(c4ccnc5c4ccc4c(N6CC7CCCCC7C6)ccnc45)C3)cccc2c1. The molecule has 3 fully saturated rings. The molecule has 2 saturated heterocycles. The minimum atomic E-state index is 0.535. The van der Waals surface area contributed by atoms with Crippen LogP contribution in [0.1, 0.15) is 43.6 Å². The summed E-state index contributed by atoms with van der Waals surface area (Å²) in [5, 5.41) is 5.20. The van der Waals surface area contributed by atoms with Crippen molar-refractivity contribution in [1.82, 2.24) is 9.97 Å². The predicted molar refractivity (Wildman–Crippen MR) is 158 cm³/mol. The first-order valence-corrected chi connectivity index (χ1v) is 14.5. The number of aromatic nitrogens is 2. The lowest BCUT2D eigenvalue weighted by molar-refractivity contribution is 0.299. The summed E-state index contributed by atoms with van der Waals surface area (Å²) in [6, 6.07) is 24.6. The Kier molecular flexibility index (Phi) is 5.27. The summed E-state index contributed by atoms with van der Waals surface area (Å²) < 4.78 is 0. The van der Waals surface area contributed by atoms with Gasteiger partial charge in [0.2, 0.25) is 0 Å². The van der Waals surface area contributed by atoms with Crippen LogP contribution in [0.3, 0.4) is 0 Å². The molecule has 8 rings (SSSR count). The minimum absolute atomic E-state index is 0.535. The van der Waals surface area contributed by atoms with Crippen LogP contribution < -0.4 is 9.80 Å². The van der Waals surface area contributed by atoms with Gasteiger partial charge in [-0.2, -0.15) is 0 Å². The van der Waals surface area contributed by atoms with Gasteiger partial charge in [-0.05, 0) is 71.7 Å². The van der Waals surface area contributed by atoms with Gasteiger partial charge in [0.1, 0.15) is 0 Å². The van der Waals surface area contributed by atoms with Crippen molar-refractivity contribution in [1.29, 1.82) is 0 Å². The highest BCUT2D eigenvalue weighted by molar-refractivity contribution is 6.10. The lowest BCUT2D eigenvalue weighted by atomic mass is 9.82. The van der Waals surface area contributed by atoms with Gasteiger partial charge in [-0.3, -0.25) is 9.97 Å². The molecule has 38 heavy (non-hydrogen) atoms. The van der Waals surface area contributed by atoms with Gasteiger partial charge >= 0.3 is 0 Å². The highest BCUT2D eigenvalue weighted by Crippen LogP contribution is 2.42. The minimum Gasteiger partial charge on any atom is -0.370 e. The van der Waals surface area contributed by atoms with Gasteiger partial charge in [0.25, 0.3) is 0 Å². The van der Waals surface area contributed by atoms with E-state index in [1.165, 1.54) is 83.7 Å². The van der Waals surface area contributed by atoms with E-state index in [0.717, 1.165) is 36.0 Å². The largest absolute Gasteiger partial charge is 0.370 e. The average molecular weight is 499 g/mol. The maximum Gasteiger partial charge on any atom is 0.0986 e. The molecular weight excluding hydrogens is 464 g/mol. The standard InChI is InChI=1S/C34H34N4/c1-2-8-25-21-38(20-24(25)7-1)32-15-18-36-34-30(32)13-12-29-31(14-17-35-33(29)34)37-19-16-26(22-37)28-11-5-9-23-6-3-4-10-27(23)28/h3-6,9-15,17-18,24-26H,1-2,7-8,16,19-22H2. The third-order valence-corrected chi connectivity index (χ3v) is 9.68. The lowest BCUT2D eigenvalue weighted by Gasteiger charge is -2.23. The van der Waals surface area contributed by atoms with Crippen molar-refractivity contribution in [3.8, 4) is 0 Å². The second-order valence-electron chi connectivity index (χ2n) is 11.7. The van der Waals surface area contributed by atoms with Crippen molar-refractivity contribution in [2.75, 3.05) is 36.0 Å². The quantitative estimate of drug-likeness (QED) is 0.240. The van der Waals surface area contributed by atoms with Gasteiger partial charge < -0.3 is 9.80 Å². The molecule has 0 N–H and O–H groups in total. The second kappa shape index (κ2) is 8.97. The zero-order valence-corrected chi connectivity index (χ0v) is 21.9. The Morgan fingerprint density at radius 3 is 1.97 bits per heavy atom. The number of rotatable bonds is 3. The Morgan fingerprint density at radius 2 is 1.24 bits per heavy atom. The summed E-state index contributed by atoms with van der Waals surface area (Å²) in [4.78, 5) is 15.0. The first kappa shape index (κ1) is 22.3. The molecular formula is C34H34N4. The van der Waals surface area contributed by atoms with Crippen LogP contribution >= 0.6 is 0 Å². The van der Waals surface area contributed by atoms with Gasteiger partial charge in [-0.1, -0.05) is 55.3 Å². The number of hydrogen-bond donors (Lipinski definition) is 0. The van der Waals surface area contributed by atoms with Crippen LogP contribution in [-0.4, -0.2) is 36.1 Å². The first-order chi connectivity index (χ1) is 18.8. The van der Waals surface area contributed by atoms with Crippen LogP contribution in [0.4, 0.5) is 11.4 Å². The van der Waals surface area contributed by atoms with Crippen LogP contribution in [-0.2, 0) is 0 Å². The van der Waals surface area contributed by atoms with Crippen molar-refractivity contribution in [3.05, 3.63) is 84.7 Å². The fourth-order valence-electron chi connectivity index (χ4n) is 7.79. The van der Waals surface area contributed by atoms with E-state index < -0.39 is 0 Å². The maximum atomic E-state index is 4.89. The van der Waals surface area contributed by atoms with Crippen LogP contribution in [0.2, 0.25) is 0 Å². The Balaban J connectivity index is 1.14. The van der Waals surface area contributed by atoms with E-state index >= 15 is 0 Å². The fourth-order valence-corrected chi connectivity index (χ4v) is 7.79. The number of anilines is 2. The fraction of sp³-hybridized carbons (Fsp3) is 0.353. The summed E-state index contributed by atoms with van der Waals surface area (Å²) in [5.41, 5.74) is 6.19. The molecule has 3 aliphatic rings. The molecule has 2 aliphatic heterocycles. The van der Waals surface area contributed by atoms with E-state index in [0.29, 0.717) is 5.92 Å². The number of pyridine rings is 2. The number of benzene rings is 3. The zero-order chi connectivity index (χ0) is 25.1. The number of fused-ring (bicyclic) bond motifs is 5. The average Bonchev–Trinajstić information content (AvgIpc) is 3.64. The molecule has 4 heterocycles. The summed E-state index contributed by atoms with van der Waals surface area (Å²) in [5.74, 6) is 2.26. The van der Waals surface area contributed by atoms with E-state index in [4.69, 9.17) is 9.97 Å². The molecule has 0 amide bonds. The van der Waals surface area contributed by atoms with E-state index in [9.17, 15) is 0 Å². The molecule has 190 valence electrons. The summed E-state index contributed by atoms with van der Waals surface area (Å²) >= 11 is 0. The molecule has 1 aliphatic carbocycles. The number of hydrogen-bond acceptors (Lipinski definition) is 4. The second-order valence-corrected chi connectivity index (χ2v) is 11.7. The summed E-state index contributed by atoms with van der Waals surface area (Å²) in [7, 11) is 0. The monoisotopic (exact) mass is 498 g/mol. The van der Waals surface area contributed by atoms with E-state index in [1.807, 2.05) is 12.4 Å². The van der Waals surface area contributed by atoms with Crippen molar-refractivity contribution < 1.29 is 0 Å². The van der Waals surface area contributed by atoms with E-state index in [1.54, 1.807) is 0 Å². The molecule has 0 bridgehead atoms. The topological polar surface area (TPSA) is 32.3 Å². The molecule has 0 radical (unpaired) electrons. The van der Waals surface area contributed by atoms with Crippen LogP contribution in [0.5, 0.6) is 0 Å². The normalized spacial score (nSPS) is 23.5. The van der Waals surface area contributed by atoms with Crippen molar-refractivity contribution in [2.45, 2.75) is 38.0 Å². The summed E-state index contributed by atoms with van der Waals surface area (Å²) in [6.45, 7) is 4.49. The Bertz CT molecular complexity index is 1640. The smallest absolute Gasteiger partial charge is 0.0986 e. The molecule has 2 aromatic heterocycles. The molecule has 4 heteroatoms. The maximum absolute atomic E-state index is 4.89. The number of nitrogens with zero attached hydrogens (tertiary/aromatic N) is 4. The van der Waals surface area contributed by atoms with Gasteiger partial charge in [-0.15, -0.1) is 0 Å². The Morgan fingerprint density at radius 1 is 0.579 bits per heavy atom. The summed E-state index contributed by atoms with van der Waals surface area (Å²) in [6.07, 6.45) is 10.8. The van der Waals surface area contributed by atoms with Crippen molar-refractivity contribution >= 4 is 44.0 Å². The first-order valence-electron chi connectivity index (χ1n) is 14.5. The molecule has 3 atom stereocenters.